The Labute approximate surface area is 161 Å². The van der Waals surface area contributed by atoms with Gasteiger partial charge in [-0.25, -0.2) is 5.01 Å². The summed E-state index contributed by atoms with van der Waals surface area (Å²) in [5.41, 5.74) is 2.26. The summed E-state index contributed by atoms with van der Waals surface area (Å²) in [5, 5.41) is 14.7. The van der Waals surface area contributed by atoms with Crippen LogP contribution in [0.3, 0.4) is 0 Å². The molecule has 1 saturated heterocycles. The van der Waals surface area contributed by atoms with Crippen LogP contribution in [-0.2, 0) is 0 Å². The zero-order valence-corrected chi connectivity index (χ0v) is 16.1. The SMILES string of the molecule is CCC1C(c2ccc(OCCCN3CCCCC3)cc2)=NN2C=NN=CC12. The second kappa shape index (κ2) is 8.65. The summed E-state index contributed by atoms with van der Waals surface area (Å²) in [6, 6.07) is 8.55. The Bertz CT molecular complexity index is 706. The molecule has 2 atom stereocenters. The van der Waals surface area contributed by atoms with E-state index in [9.17, 15) is 0 Å². The average molecular weight is 367 g/mol. The van der Waals surface area contributed by atoms with Gasteiger partial charge in [0.25, 0.3) is 0 Å². The van der Waals surface area contributed by atoms with E-state index in [0.29, 0.717) is 5.92 Å². The Morgan fingerprint density at radius 1 is 1.07 bits per heavy atom. The van der Waals surface area contributed by atoms with Crippen LogP contribution in [0.2, 0.25) is 0 Å². The first kappa shape index (κ1) is 18.2. The lowest BCUT2D eigenvalue weighted by atomic mass is 9.89. The molecule has 3 aliphatic rings. The van der Waals surface area contributed by atoms with E-state index >= 15 is 0 Å². The standard InChI is InChI=1S/C21H29N5O/c1-2-19-20-15-22-23-16-26(20)24-21(19)17-7-9-18(10-8-17)27-14-6-13-25-11-4-3-5-12-25/h7-10,15-16,19-20H,2-6,11-14H2,1H3. The number of hydrogen-bond acceptors (Lipinski definition) is 6. The van der Waals surface area contributed by atoms with Crippen LogP contribution in [0.1, 0.15) is 44.6 Å². The van der Waals surface area contributed by atoms with Gasteiger partial charge in [0.05, 0.1) is 24.6 Å². The lowest BCUT2D eigenvalue weighted by molar-refractivity contribution is 0.205. The first-order valence-corrected chi connectivity index (χ1v) is 10.2. The van der Waals surface area contributed by atoms with Crippen molar-refractivity contribution in [3.8, 4) is 5.75 Å². The van der Waals surface area contributed by atoms with Crippen LogP contribution in [0.5, 0.6) is 5.75 Å². The molecule has 144 valence electrons. The van der Waals surface area contributed by atoms with Gasteiger partial charge in [0.2, 0.25) is 0 Å². The fourth-order valence-electron chi connectivity index (χ4n) is 4.17. The molecule has 0 saturated carbocycles. The Balaban J connectivity index is 1.31. The molecule has 0 aromatic heterocycles. The number of fused-ring (bicyclic) bond motifs is 1. The van der Waals surface area contributed by atoms with Gasteiger partial charge in [0, 0.05) is 12.5 Å². The van der Waals surface area contributed by atoms with Crippen molar-refractivity contribution in [2.75, 3.05) is 26.2 Å². The monoisotopic (exact) mass is 367 g/mol. The number of ether oxygens (including phenoxy) is 1. The highest BCUT2D eigenvalue weighted by molar-refractivity contribution is 6.06. The van der Waals surface area contributed by atoms with E-state index in [1.54, 1.807) is 6.34 Å². The van der Waals surface area contributed by atoms with Crippen LogP contribution in [0.25, 0.3) is 0 Å². The third-order valence-corrected chi connectivity index (χ3v) is 5.67. The number of nitrogens with zero attached hydrogens (tertiary/aromatic N) is 5. The van der Waals surface area contributed by atoms with E-state index in [1.165, 1.54) is 32.4 Å². The third-order valence-electron chi connectivity index (χ3n) is 5.67. The normalized spacial score (nSPS) is 24.8. The van der Waals surface area contributed by atoms with Crippen LogP contribution in [0.4, 0.5) is 0 Å². The smallest absolute Gasteiger partial charge is 0.135 e. The summed E-state index contributed by atoms with van der Waals surface area (Å²) < 4.78 is 5.94. The number of piperidine rings is 1. The maximum Gasteiger partial charge on any atom is 0.135 e. The van der Waals surface area contributed by atoms with Crippen molar-refractivity contribution < 1.29 is 4.74 Å². The average Bonchev–Trinajstić information content (AvgIpc) is 3.11. The first-order chi connectivity index (χ1) is 13.3. The minimum absolute atomic E-state index is 0.188. The van der Waals surface area contributed by atoms with Gasteiger partial charge in [-0.15, -0.1) is 5.10 Å². The van der Waals surface area contributed by atoms with Crippen molar-refractivity contribution in [2.45, 2.75) is 45.1 Å². The first-order valence-electron chi connectivity index (χ1n) is 10.2. The molecular weight excluding hydrogens is 338 g/mol. The quantitative estimate of drug-likeness (QED) is 0.694. The van der Waals surface area contributed by atoms with Crippen LogP contribution >= 0.6 is 0 Å². The van der Waals surface area contributed by atoms with Crippen LogP contribution in [0.15, 0.2) is 39.6 Å². The molecule has 0 aliphatic carbocycles. The Hall–Kier alpha value is -2.21. The molecule has 27 heavy (non-hydrogen) atoms. The molecule has 1 aromatic rings. The lowest BCUT2D eigenvalue weighted by Gasteiger charge is -2.26. The molecular formula is C21H29N5O. The summed E-state index contributed by atoms with van der Waals surface area (Å²) in [6.45, 7) is 6.62. The van der Waals surface area contributed by atoms with Crippen molar-refractivity contribution in [3.05, 3.63) is 29.8 Å². The highest BCUT2D eigenvalue weighted by atomic mass is 16.5. The molecule has 0 spiro atoms. The second-order valence-corrected chi connectivity index (χ2v) is 7.49. The second-order valence-electron chi connectivity index (χ2n) is 7.49. The molecule has 0 N–H and O–H groups in total. The summed E-state index contributed by atoms with van der Waals surface area (Å²) >= 11 is 0. The van der Waals surface area contributed by atoms with Gasteiger partial charge >= 0.3 is 0 Å². The molecule has 3 aliphatic heterocycles. The van der Waals surface area contributed by atoms with Crippen molar-refractivity contribution in [3.63, 3.8) is 0 Å². The molecule has 0 radical (unpaired) electrons. The van der Waals surface area contributed by atoms with Gasteiger partial charge in [-0.05, 0) is 68.6 Å². The summed E-state index contributed by atoms with van der Waals surface area (Å²) in [6.07, 6.45) is 9.80. The predicted octanol–water partition coefficient (Wildman–Crippen LogP) is 3.38. The maximum absolute atomic E-state index is 5.94. The van der Waals surface area contributed by atoms with E-state index in [0.717, 1.165) is 43.0 Å². The van der Waals surface area contributed by atoms with Crippen LogP contribution < -0.4 is 4.74 Å². The number of rotatable bonds is 7. The van der Waals surface area contributed by atoms with Gasteiger partial charge < -0.3 is 9.64 Å². The lowest BCUT2D eigenvalue weighted by Crippen LogP contribution is -2.35. The van der Waals surface area contributed by atoms with Crippen molar-refractivity contribution in [2.24, 2.45) is 21.2 Å². The minimum atomic E-state index is 0.188. The molecule has 4 rings (SSSR count). The van der Waals surface area contributed by atoms with Crippen molar-refractivity contribution in [1.29, 1.82) is 0 Å². The fourth-order valence-corrected chi connectivity index (χ4v) is 4.17. The zero-order chi connectivity index (χ0) is 18.5. The van der Waals surface area contributed by atoms with Crippen LogP contribution in [0, 0.1) is 5.92 Å². The van der Waals surface area contributed by atoms with Gasteiger partial charge in [-0.3, -0.25) is 0 Å². The van der Waals surface area contributed by atoms with E-state index in [2.05, 4.69) is 46.3 Å². The highest BCUT2D eigenvalue weighted by Crippen LogP contribution is 2.28. The van der Waals surface area contributed by atoms with Crippen molar-refractivity contribution in [1.82, 2.24) is 9.91 Å². The summed E-state index contributed by atoms with van der Waals surface area (Å²) in [5.74, 6) is 1.28. The largest absolute Gasteiger partial charge is 0.494 e. The topological polar surface area (TPSA) is 52.8 Å². The van der Waals surface area contributed by atoms with E-state index in [4.69, 9.17) is 9.84 Å². The molecule has 0 bridgehead atoms. The van der Waals surface area contributed by atoms with E-state index < -0.39 is 0 Å². The molecule has 3 heterocycles. The Morgan fingerprint density at radius 2 is 1.89 bits per heavy atom. The third kappa shape index (κ3) is 4.21. The van der Waals surface area contributed by atoms with Crippen LogP contribution in [-0.4, -0.2) is 60.5 Å². The molecule has 1 aromatic carbocycles. The molecule has 0 amide bonds. The minimum Gasteiger partial charge on any atom is -0.494 e. The number of hydrazone groups is 1. The summed E-state index contributed by atoms with van der Waals surface area (Å²) in [4.78, 5) is 2.56. The van der Waals surface area contributed by atoms with Crippen molar-refractivity contribution >= 4 is 18.3 Å². The molecule has 1 fully saturated rings. The molecule has 6 heteroatoms. The summed E-state index contributed by atoms with van der Waals surface area (Å²) in [7, 11) is 0. The van der Waals surface area contributed by atoms with Gasteiger partial charge in [-0.2, -0.15) is 10.2 Å². The fraction of sp³-hybridized carbons (Fsp3) is 0.571. The highest BCUT2D eigenvalue weighted by Gasteiger charge is 2.36. The van der Waals surface area contributed by atoms with E-state index in [1.807, 2.05) is 11.2 Å². The molecule has 6 nitrogen and oxygen atoms in total. The molecule has 2 unspecified atom stereocenters. The predicted molar refractivity (Wildman–Crippen MR) is 110 cm³/mol. The van der Waals surface area contributed by atoms with Gasteiger partial charge in [0.1, 0.15) is 12.1 Å². The van der Waals surface area contributed by atoms with Gasteiger partial charge in [0.15, 0.2) is 0 Å². The number of likely N-dealkylation sites (tertiary alicyclic amines) is 1. The Morgan fingerprint density at radius 3 is 2.67 bits per heavy atom. The maximum atomic E-state index is 5.94. The van der Waals surface area contributed by atoms with Gasteiger partial charge in [-0.1, -0.05) is 13.3 Å². The number of hydrogen-bond donors (Lipinski definition) is 0. The van der Waals surface area contributed by atoms with E-state index in [-0.39, 0.29) is 6.04 Å². The Kier molecular flexibility index (Phi) is 5.82. The number of benzene rings is 1. The zero-order valence-electron chi connectivity index (χ0n) is 16.1.